The molecule has 1 aliphatic heterocycles. The van der Waals surface area contributed by atoms with Gasteiger partial charge in [0, 0.05) is 45.0 Å². The Hall–Kier alpha value is -4.21. The van der Waals surface area contributed by atoms with E-state index in [-0.39, 0.29) is 49.1 Å². The number of nitrogens with two attached hydrogens (primary N) is 1. The zero-order valence-corrected chi connectivity index (χ0v) is 24.8. The van der Waals surface area contributed by atoms with Gasteiger partial charge in [-0.3, -0.25) is 14.2 Å². The fourth-order valence-corrected chi connectivity index (χ4v) is 5.17. The number of aromatic nitrogens is 3. The number of fused-ring (bicyclic) bond motifs is 1. The number of likely N-dealkylation sites (tertiary alicyclic amines) is 1. The molecule has 3 aromatic rings. The maximum Gasteiger partial charge on any atom is 0.327 e. The lowest BCUT2D eigenvalue weighted by Crippen LogP contribution is -2.52. The fourth-order valence-electron chi connectivity index (χ4n) is 5.17. The topological polar surface area (TPSA) is 162 Å². The Labute approximate surface area is 251 Å². The average Bonchev–Trinajstić information content (AvgIpc) is 3.41. The van der Waals surface area contributed by atoms with E-state index in [0.29, 0.717) is 50.0 Å². The summed E-state index contributed by atoms with van der Waals surface area (Å²) in [6.07, 6.45) is 5.31. The first-order chi connectivity index (χ1) is 19.8. The molecule has 0 bridgehead atoms. The molecule has 1 aliphatic rings. The van der Waals surface area contributed by atoms with Crippen molar-refractivity contribution >= 4 is 52.8 Å². The number of anilines is 2. The number of hydrogen-bond acceptors (Lipinski definition) is 8. The molecule has 2 atom stereocenters. The number of carbonyl (C=O) groups is 3. The molecule has 0 spiro atoms. The number of benzene rings is 1. The number of halogens is 1. The maximum absolute atomic E-state index is 13.0. The Kier molecular flexibility index (Phi) is 11.6. The Morgan fingerprint density at radius 3 is 2.67 bits per heavy atom. The van der Waals surface area contributed by atoms with Gasteiger partial charge in [0.1, 0.15) is 18.6 Å². The average molecular weight is 596 g/mol. The highest BCUT2D eigenvalue weighted by atomic mass is 35.5. The number of likely N-dealkylation sites (N-methyl/N-ethyl adjacent to an activating group) is 1. The van der Waals surface area contributed by atoms with Gasteiger partial charge in [-0.2, -0.15) is 5.26 Å². The van der Waals surface area contributed by atoms with Crippen LogP contribution in [0.5, 0.6) is 0 Å². The van der Waals surface area contributed by atoms with Gasteiger partial charge in [0.15, 0.2) is 5.65 Å². The van der Waals surface area contributed by atoms with Gasteiger partial charge in [-0.25, -0.2) is 14.8 Å². The van der Waals surface area contributed by atoms with Crippen molar-refractivity contribution in [2.45, 2.75) is 45.1 Å². The zero-order chi connectivity index (χ0) is 29.4. The minimum absolute atomic E-state index is 0. The van der Waals surface area contributed by atoms with Crippen LogP contribution in [0.25, 0.3) is 11.0 Å². The van der Waals surface area contributed by atoms with Gasteiger partial charge in [0.2, 0.25) is 11.8 Å². The summed E-state index contributed by atoms with van der Waals surface area (Å²) in [4.78, 5) is 50.2. The van der Waals surface area contributed by atoms with E-state index in [1.54, 1.807) is 17.2 Å². The van der Waals surface area contributed by atoms with Crippen LogP contribution in [0.4, 0.5) is 16.3 Å². The van der Waals surface area contributed by atoms with E-state index < -0.39 is 0 Å². The van der Waals surface area contributed by atoms with Gasteiger partial charge in [-0.05, 0) is 55.5 Å². The molecule has 0 radical (unpaired) electrons. The molecule has 4 rings (SSSR count). The molecule has 0 saturated carbocycles. The van der Waals surface area contributed by atoms with E-state index in [1.807, 2.05) is 42.3 Å². The first-order valence-electron chi connectivity index (χ1n) is 13.9. The number of carbonyl (C=O) groups excluding carboxylic acids is 3. The van der Waals surface area contributed by atoms with Crippen molar-refractivity contribution in [2.75, 3.05) is 43.4 Å². The smallest absolute Gasteiger partial charge is 0.327 e. The van der Waals surface area contributed by atoms with Gasteiger partial charge in [-0.1, -0.05) is 19.1 Å². The molecule has 1 aromatic carbocycles. The van der Waals surface area contributed by atoms with Gasteiger partial charge in [0.05, 0.1) is 17.5 Å². The molecule has 0 unspecified atom stereocenters. The molecule has 12 nitrogen and oxygen atoms in total. The Morgan fingerprint density at radius 2 is 1.95 bits per heavy atom. The SMILES string of the molecule is C[C@@H]1CCN(C(=O)CC#N)C[C@@H]1N(C)c1ncnc2c1ccn2C(=O)NCCCC(=O)Nc1ccc(CCN)cc1.Cl. The number of nitrogens with zero attached hydrogens (tertiary/aromatic N) is 6. The molecule has 3 heterocycles. The van der Waals surface area contributed by atoms with E-state index in [9.17, 15) is 14.4 Å². The van der Waals surface area contributed by atoms with Gasteiger partial charge in [-0.15, -0.1) is 12.4 Å². The predicted molar refractivity (Wildman–Crippen MR) is 163 cm³/mol. The number of amides is 3. The summed E-state index contributed by atoms with van der Waals surface area (Å²) in [5.74, 6) is 0.681. The van der Waals surface area contributed by atoms with Crippen LogP contribution in [-0.2, 0) is 16.0 Å². The van der Waals surface area contributed by atoms with Crippen LogP contribution in [0.3, 0.4) is 0 Å². The second kappa shape index (κ2) is 15.1. The molecule has 1 fully saturated rings. The third kappa shape index (κ3) is 7.74. The Bertz CT molecular complexity index is 1420. The minimum Gasteiger partial charge on any atom is -0.354 e. The standard InChI is InChI=1S/C29H37N9O3.ClH/c1-20-11-16-37(26(40)10-14-31)18-24(20)36(2)27-23-12-17-38(28(23)34-19-33-27)29(41)32-15-3-4-25(39)35-22-7-5-21(6-8-22)9-13-30;/h5-8,12,17,19-20,24H,3-4,9-11,13,15-16,18,30H2,1-2H3,(H,32,41)(H,35,39);1H/t20-,24+;/m1./s1. The molecule has 0 aliphatic carbocycles. The van der Waals surface area contributed by atoms with E-state index in [0.717, 1.165) is 29.5 Å². The summed E-state index contributed by atoms with van der Waals surface area (Å²) >= 11 is 0. The van der Waals surface area contributed by atoms with Gasteiger partial charge < -0.3 is 26.2 Å². The highest BCUT2D eigenvalue weighted by Crippen LogP contribution is 2.29. The second-order valence-corrected chi connectivity index (χ2v) is 10.4. The van der Waals surface area contributed by atoms with Crippen molar-refractivity contribution in [3.8, 4) is 6.07 Å². The first-order valence-corrected chi connectivity index (χ1v) is 13.9. The minimum atomic E-state index is -0.345. The molecule has 1 saturated heterocycles. The van der Waals surface area contributed by atoms with E-state index in [2.05, 4.69) is 27.5 Å². The van der Waals surface area contributed by atoms with Crippen LogP contribution in [0.1, 0.15) is 38.2 Å². The van der Waals surface area contributed by atoms with Crippen LogP contribution in [0, 0.1) is 17.2 Å². The highest BCUT2D eigenvalue weighted by Gasteiger charge is 2.32. The monoisotopic (exact) mass is 595 g/mol. The molecule has 4 N–H and O–H groups in total. The third-order valence-electron chi connectivity index (χ3n) is 7.54. The normalized spacial score (nSPS) is 16.3. The second-order valence-electron chi connectivity index (χ2n) is 10.4. The lowest BCUT2D eigenvalue weighted by molar-refractivity contribution is -0.131. The van der Waals surface area contributed by atoms with Gasteiger partial charge >= 0.3 is 6.03 Å². The number of rotatable bonds is 10. The lowest BCUT2D eigenvalue weighted by Gasteiger charge is -2.42. The molecule has 13 heteroatoms. The Morgan fingerprint density at radius 1 is 1.19 bits per heavy atom. The van der Waals surface area contributed by atoms with Crippen LogP contribution >= 0.6 is 12.4 Å². The molecule has 2 aromatic heterocycles. The summed E-state index contributed by atoms with van der Waals surface area (Å²) in [6.45, 7) is 4.17. The summed E-state index contributed by atoms with van der Waals surface area (Å²) in [6, 6.07) is 11.0. The summed E-state index contributed by atoms with van der Waals surface area (Å²) in [5, 5.41) is 15.4. The maximum atomic E-state index is 13.0. The molecule has 42 heavy (non-hydrogen) atoms. The summed E-state index contributed by atoms with van der Waals surface area (Å²) < 4.78 is 1.43. The van der Waals surface area contributed by atoms with Crippen molar-refractivity contribution in [3.05, 3.63) is 48.4 Å². The van der Waals surface area contributed by atoms with Crippen LogP contribution in [-0.4, -0.2) is 76.5 Å². The highest BCUT2D eigenvalue weighted by molar-refractivity contribution is 5.95. The van der Waals surface area contributed by atoms with Crippen molar-refractivity contribution in [1.29, 1.82) is 5.26 Å². The third-order valence-corrected chi connectivity index (χ3v) is 7.54. The van der Waals surface area contributed by atoms with E-state index in [4.69, 9.17) is 11.0 Å². The molecule has 3 amide bonds. The number of hydrogen-bond donors (Lipinski definition) is 3. The van der Waals surface area contributed by atoms with Gasteiger partial charge in [0.25, 0.3) is 0 Å². The predicted octanol–water partition coefficient (Wildman–Crippen LogP) is 2.92. The van der Waals surface area contributed by atoms with Crippen LogP contribution in [0.2, 0.25) is 0 Å². The Balaban J connectivity index is 0.00000484. The van der Waals surface area contributed by atoms with Crippen molar-refractivity contribution in [1.82, 2.24) is 24.8 Å². The molecule has 224 valence electrons. The first kappa shape index (κ1) is 32.3. The van der Waals surface area contributed by atoms with E-state index >= 15 is 0 Å². The number of piperidine rings is 1. The molecular weight excluding hydrogens is 558 g/mol. The fraction of sp³-hybridized carbons (Fsp3) is 0.448. The number of nitriles is 1. The van der Waals surface area contributed by atoms with Crippen molar-refractivity contribution in [2.24, 2.45) is 11.7 Å². The van der Waals surface area contributed by atoms with E-state index in [1.165, 1.54) is 10.9 Å². The van der Waals surface area contributed by atoms with Crippen LogP contribution in [0.15, 0.2) is 42.9 Å². The van der Waals surface area contributed by atoms with Crippen molar-refractivity contribution < 1.29 is 14.4 Å². The summed E-state index contributed by atoms with van der Waals surface area (Å²) in [5.41, 5.74) is 7.88. The molecular formula is C29H38ClN9O3. The zero-order valence-electron chi connectivity index (χ0n) is 24.0. The van der Waals surface area contributed by atoms with Crippen LogP contribution < -0.4 is 21.3 Å². The quantitative estimate of drug-likeness (QED) is 0.301. The number of nitrogens with one attached hydrogen (secondary N) is 2. The van der Waals surface area contributed by atoms with Crippen molar-refractivity contribution in [3.63, 3.8) is 0 Å². The largest absolute Gasteiger partial charge is 0.354 e. The lowest BCUT2D eigenvalue weighted by atomic mass is 9.92. The summed E-state index contributed by atoms with van der Waals surface area (Å²) in [7, 11) is 1.93.